The van der Waals surface area contributed by atoms with Crippen molar-refractivity contribution in [1.82, 2.24) is 9.55 Å². The van der Waals surface area contributed by atoms with Crippen LogP contribution in [-0.4, -0.2) is 23.9 Å². The molecule has 1 atom stereocenters. The second-order valence-electron chi connectivity index (χ2n) is 11.2. The zero-order chi connectivity index (χ0) is 28.6. The number of nitrogens with zero attached hydrogens (tertiary/aromatic N) is 3. The van der Waals surface area contributed by atoms with Gasteiger partial charge >= 0.3 is 0 Å². The Morgan fingerprint density at radius 1 is 1.02 bits per heavy atom. The van der Waals surface area contributed by atoms with Gasteiger partial charge in [-0.15, -0.1) is 11.3 Å². The van der Waals surface area contributed by atoms with Gasteiger partial charge in [0.25, 0.3) is 5.56 Å². The van der Waals surface area contributed by atoms with Gasteiger partial charge < -0.3 is 4.55 Å². The fourth-order valence-electron chi connectivity index (χ4n) is 5.08. The largest absolute Gasteiger partial charge is 0.755 e. The fraction of sp³-hybridized carbons (Fsp3) is 0.312. The second-order valence-corrected chi connectivity index (χ2v) is 13.0. The number of aromatic nitrogens is 2. The van der Waals surface area contributed by atoms with Crippen LogP contribution in [-0.2, 0) is 24.2 Å². The summed E-state index contributed by atoms with van der Waals surface area (Å²) in [7, 11) is 0. The van der Waals surface area contributed by atoms with E-state index in [1.807, 2.05) is 94.4 Å². The number of unbranched alkanes of at least 4 members (excludes halogenated alkanes) is 1. The summed E-state index contributed by atoms with van der Waals surface area (Å²) in [6.45, 7) is 10.2. The summed E-state index contributed by atoms with van der Waals surface area (Å²) in [5, 5.41) is 2.35. The predicted molar refractivity (Wildman–Crippen MR) is 167 cm³/mol. The minimum absolute atomic E-state index is 0.0197. The van der Waals surface area contributed by atoms with Crippen LogP contribution in [0.4, 0.5) is 5.00 Å². The number of benzene rings is 3. The summed E-state index contributed by atoms with van der Waals surface area (Å²) in [5.41, 5.74) is 3.94. The molecule has 0 amide bonds. The molecule has 3 aromatic carbocycles. The van der Waals surface area contributed by atoms with E-state index < -0.39 is 16.8 Å². The molecule has 1 unspecified atom stereocenters. The highest BCUT2D eigenvalue weighted by atomic mass is 32.2. The molecule has 208 valence electrons. The SMILES string of the molecule is CCCCc1nc2ccc(C)cc2c(=O)n1Cc1ccc(-c2c(N(S(=O)[O-])C(C)(C)C)sc3ccccc23)cc1. The van der Waals surface area contributed by atoms with Crippen molar-refractivity contribution in [1.29, 1.82) is 0 Å². The number of rotatable bonds is 8. The zero-order valence-corrected chi connectivity index (χ0v) is 25.2. The fourth-order valence-corrected chi connectivity index (χ4v) is 7.37. The molecule has 0 spiro atoms. The molecule has 0 saturated heterocycles. The lowest BCUT2D eigenvalue weighted by Crippen LogP contribution is -2.42. The van der Waals surface area contributed by atoms with Gasteiger partial charge in [0.15, 0.2) is 0 Å². The first kappa shape index (κ1) is 28.2. The molecule has 0 saturated carbocycles. The van der Waals surface area contributed by atoms with Gasteiger partial charge in [-0.05, 0) is 63.4 Å². The van der Waals surface area contributed by atoms with Crippen LogP contribution in [0.3, 0.4) is 0 Å². The molecule has 5 aromatic rings. The van der Waals surface area contributed by atoms with Crippen molar-refractivity contribution in [2.24, 2.45) is 0 Å². The van der Waals surface area contributed by atoms with Crippen molar-refractivity contribution in [3.8, 4) is 11.1 Å². The molecular formula is C32H34N3O3S2-. The third-order valence-corrected chi connectivity index (χ3v) is 9.35. The Morgan fingerprint density at radius 2 is 1.75 bits per heavy atom. The van der Waals surface area contributed by atoms with Crippen LogP contribution in [0.25, 0.3) is 32.1 Å². The Balaban J connectivity index is 1.58. The van der Waals surface area contributed by atoms with Crippen molar-refractivity contribution < 1.29 is 8.76 Å². The van der Waals surface area contributed by atoms with Crippen molar-refractivity contribution in [3.05, 3.63) is 94.0 Å². The Bertz CT molecular complexity index is 1770. The van der Waals surface area contributed by atoms with Crippen LogP contribution in [0.15, 0.2) is 71.5 Å². The van der Waals surface area contributed by atoms with Crippen LogP contribution in [0, 0.1) is 6.92 Å². The Hall–Kier alpha value is -3.33. The van der Waals surface area contributed by atoms with E-state index in [9.17, 15) is 13.6 Å². The van der Waals surface area contributed by atoms with Crippen LogP contribution >= 0.6 is 11.3 Å². The monoisotopic (exact) mass is 572 g/mol. The Kier molecular flexibility index (Phi) is 7.95. The predicted octanol–water partition coefficient (Wildman–Crippen LogP) is 7.38. The molecular weight excluding hydrogens is 539 g/mol. The summed E-state index contributed by atoms with van der Waals surface area (Å²) in [6, 6.07) is 21.9. The first-order valence-electron chi connectivity index (χ1n) is 13.6. The van der Waals surface area contributed by atoms with E-state index >= 15 is 0 Å². The molecule has 2 heterocycles. The van der Waals surface area contributed by atoms with Crippen molar-refractivity contribution in [2.75, 3.05) is 4.31 Å². The summed E-state index contributed by atoms with van der Waals surface area (Å²) in [4.78, 5) is 18.5. The van der Waals surface area contributed by atoms with Gasteiger partial charge in [0.2, 0.25) is 0 Å². The molecule has 8 heteroatoms. The molecule has 0 radical (unpaired) electrons. The second kappa shape index (κ2) is 11.3. The third-order valence-electron chi connectivity index (χ3n) is 7.05. The standard InChI is InChI=1S/C32H35N3O3S2/c1-6-7-12-28-33-26-18-13-21(2)19-25(26)30(36)34(28)20-22-14-16-23(17-15-22)29-24-10-8-9-11-27(24)39-31(29)35(40(37)38)32(3,4)5/h8-11,13-19H,6-7,12,20H2,1-5H3,(H,37,38)/p-1. The number of aryl methyl sites for hydroxylation is 2. The third kappa shape index (κ3) is 5.48. The minimum Gasteiger partial charge on any atom is -0.755 e. The maximum Gasteiger partial charge on any atom is 0.261 e. The van der Waals surface area contributed by atoms with Crippen LogP contribution in [0.5, 0.6) is 0 Å². The first-order valence-corrected chi connectivity index (χ1v) is 15.4. The molecule has 5 rings (SSSR count). The quantitative estimate of drug-likeness (QED) is 0.182. The molecule has 6 nitrogen and oxygen atoms in total. The molecule has 0 aliphatic heterocycles. The maximum atomic E-state index is 13.6. The number of hydrogen-bond acceptors (Lipinski definition) is 5. The topological polar surface area (TPSA) is 78.3 Å². The van der Waals surface area contributed by atoms with Gasteiger partial charge in [0, 0.05) is 38.9 Å². The van der Waals surface area contributed by atoms with Gasteiger partial charge in [-0.25, -0.2) is 4.98 Å². The normalized spacial score (nSPS) is 12.8. The lowest BCUT2D eigenvalue weighted by atomic mass is 10.0. The Labute approximate surface area is 241 Å². The molecule has 0 aliphatic rings. The highest BCUT2D eigenvalue weighted by Crippen LogP contribution is 2.47. The van der Waals surface area contributed by atoms with E-state index in [0.717, 1.165) is 62.9 Å². The van der Waals surface area contributed by atoms with E-state index in [4.69, 9.17) is 4.98 Å². The highest BCUT2D eigenvalue weighted by molar-refractivity contribution is 7.81. The zero-order valence-electron chi connectivity index (χ0n) is 23.6. The first-order chi connectivity index (χ1) is 19.1. The molecule has 2 aromatic heterocycles. The summed E-state index contributed by atoms with van der Waals surface area (Å²) in [5.74, 6) is 0.803. The summed E-state index contributed by atoms with van der Waals surface area (Å²) < 4.78 is 29.1. The number of hydrogen-bond donors (Lipinski definition) is 0. The van der Waals surface area contributed by atoms with Crippen LogP contribution < -0.4 is 9.86 Å². The number of fused-ring (bicyclic) bond motifs is 2. The molecule has 0 bridgehead atoms. The molecule has 40 heavy (non-hydrogen) atoms. The van der Waals surface area contributed by atoms with E-state index in [-0.39, 0.29) is 5.56 Å². The summed E-state index contributed by atoms with van der Waals surface area (Å²) in [6.07, 6.45) is 2.72. The summed E-state index contributed by atoms with van der Waals surface area (Å²) >= 11 is -0.957. The van der Waals surface area contributed by atoms with E-state index in [1.54, 1.807) is 4.57 Å². The van der Waals surface area contributed by atoms with Gasteiger partial charge in [-0.2, -0.15) is 0 Å². The number of anilines is 1. The van der Waals surface area contributed by atoms with Crippen LogP contribution in [0.2, 0.25) is 0 Å². The Morgan fingerprint density at radius 3 is 2.42 bits per heavy atom. The van der Waals surface area contributed by atoms with Crippen molar-refractivity contribution in [2.45, 2.75) is 66.0 Å². The molecule has 0 fully saturated rings. The van der Waals surface area contributed by atoms with Crippen molar-refractivity contribution in [3.63, 3.8) is 0 Å². The van der Waals surface area contributed by atoms with Gasteiger partial charge in [-0.3, -0.25) is 17.9 Å². The average molecular weight is 573 g/mol. The molecule has 0 N–H and O–H groups in total. The minimum atomic E-state index is -2.44. The van der Waals surface area contributed by atoms with Gasteiger partial charge in [0.05, 0.1) is 17.4 Å². The molecule has 0 aliphatic carbocycles. The maximum absolute atomic E-state index is 13.6. The lowest BCUT2D eigenvalue weighted by molar-refractivity contribution is 0.499. The van der Waals surface area contributed by atoms with Gasteiger partial charge in [-0.1, -0.05) is 67.4 Å². The van der Waals surface area contributed by atoms with Crippen LogP contribution in [0.1, 0.15) is 57.5 Å². The van der Waals surface area contributed by atoms with E-state index in [0.29, 0.717) is 16.9 Å². The van der Waals surface area contributed by atoms with E-state index in [1.165, 1.54) is 15.6 Å². The smallest absolute Gasteiger partial charge is 0.261 e. The average Bonchev–Trinajstić information content (AvgIpc) is 3.27. The highest BCUT2D eigenvalue weighted by Gasteiger charge is 2.28. The van der Waals surface area contributed by atoms with E-state index in [2.05, 4.69) is 6.92 Å². The number of thiophene rings is 1. The van der Waals surface area contributed by atoms with Gasteiger partial charge in [0.1, 0.15) is 10.8 Å². The lowest BCUT2D eigenvalue weighted by Gasteiger charge is -2.38. The van der Waals surface area contributed by atoms with Crippen molar-refractivity contribution >= 4 is 48.6 Å².